The highest BCUT2D eigenvalue weighted by molar-refractivity contribution is 5.92. The van der Waals surface area contributed by atoms with E-state index in [0.717, 1.165) is 12.8 Å². The Kier molecular flexibility index (Phi) is 5.85. The molecule has 0 aliphatic heterocycles. The topological polar surface area (TPSA) is 88.9 Å². The highest BCUT2D eigenvalue weighted by atomic mass is 16.2. The lowest BCUT2D eigenvalue weighted by molar-refractivity contribution is -0.119. The molecule has 2 heterocycles. The van der Waals surface area contributed by atoms with Gasteiger partial charge in [-0.05, 0) is 18.6 Å². The Morgan fingerprint density at radius 1 is 1.26 bits per heavy atom. The molecule has 2 N–H and O–H groups in total. The third-order valence-electron chi connectivity index (χ3n) is 3.32. The first-order chi connectivity index (χ1) is 11.1. The van der Waals surface area contributed by atoms with E-state index in [0.29, 0.717) is 11.4 Å². The number of nitrogens with zero attached hydrogens (tertiary/aromatic N) is 3. The molecule has 0 aromatic carbocycles. The van der Waals surface area contributed by atoms with Crippen LogP contribution >= 0.6 is 0 Å². The largest absolute Gasteiger partial charge is 0.323 e. The molecule has 0 radical (unpaired) electrons. The predicted octanol–water partition coefficient (Wildman–Crippen LogP) is 2.29. The highest BCUT2D eigenvalue weighted by Crippen LogP contribution is 2.11. The molecule has 7 heteroatoms. The lowest BCUT2D eigenvalue weighted by Gasteiger charge is -2.09. The van der Waals surface area contributed by atoms with Crippen molar-refractivity contribution in [3.8, 4) is 0 Å². The van der Waals surface area contributed by atoms with Crippen molar-refractivity contribution in [2.75, 3.05) is 10.6 Å². The van der Waals surface area contributed by atoms with Gasteiger partial charge in [-0.1, -0.05) is 20.3 Å². The van der Waals surface area contributed by atoms with Crippen molar-refractivity contribution in [3.63, 3.8) is 0 Å². The number of nitrogens with one attached hydrogen (secondary N) is 2. The van der Waals surface area contributed by atoms with Crippen molar-refractivity contribution in [1.29, 1.82) is 0 Å². The fourth-order valence-corrected chi connectivity index (χ4v) is 2.13. The molecule has 0 aliphatic rings. The first kappa shape index (κ1) is 16.7. The molecule has 1 atom stereocenters. The minimum absolute atomic E-state index is 0.0359. The van der Waals surface area contributed by atoms with Gasteiger partial charge in [-0.15, -0.1) is 0 Å². The molecule has 0 fully saturated rings. The van der Waals surface area contributed by atoms with Crippen molar-refractivity contribution in [3.05, 3.63) is 36.9 Å². The number of anilines is 2. The van der Waals surface area contributed by atoms with E-state index in [2.05, 4.69) is 20.7 Å². The van der Waals surface area contributed by atoms with Crippen LogP contribution in [0, 0.1) is 5.92 Å². The zero-order valence-corrected chi connectivity index (χ0v) is 13.3. The molecular weight excluding hydrogens is 294 g/mol. The van der Waals surface area contributed by atoms with Gasteiger partial charge >= 0.3 is 0 Å². The normalized spacial score (nSPS) is 11.7. The van der Waals surface area contributed by atoms with E-state index in [1.54, 1.807) is 30.7 Å². The zero-order valence-electron chi connectivity index (χ0n) is 13.3. The molecular formula is C16H21N5O2. The van der Waals surface area contributed by atoms with Crippen LogP contribution in [-0.4, -0.2) is 26.6 Å². The molecule has 0 saturated heterocycles. The molecule has 0 spiro atoms. The van der Waals surface area contributed by atoms with E-state index in [-0.39, 0.29) is 24.3 Å². The lowest BCUT2D eigenvalue weighted by Crippen LogP contribution is -2.20. The fraction of sp³-hybridized carbons (Fsp3) is 0.375. The van der Waals surface area contributed by atoms with Crippen molar-refractivity contribution in [2.24, 2.45) is 5.92 Å². The highest BCUT2D eigenvalue weighted by Gasteiger charge is 2.13. The van der Waals surface area contributed by atoms with Gasteiger partial charge in [0.05, 0.1) is 23.8 Å². The van der Waals surface area contributed by atoms with E-state index >= 15 is 0 Å². The summed E-state index contributed by atoms with van der Waals surface area (Å²) >= 11 is 0. The molecule has 2 aromatic heterocycles. The third-order valence-corrected chi connectivity index (χ3v) is 3.32. The van der Waals surface area contributed by atoms with Crippen LogP contribution in [-0.2, 0) is 16.1 Å². The summed E-state index contributed by atoms with van der Waals surface area (Å²) in [6, 6.07) is 3.50. The number of rotatable bonds is 7. The Balaban J connectivity index is 1.87. The van der Waals surface area contributed by atoms with Gasteiger partial charge in [-0.25, -0.2) is 0 Å². The summed E-state index contributed by atoms with van der Waals surface area (Å²) in [5, 5.41) is 9.61. The van der Waals surface area contributed by atoms with Crippen LogP contribution in [0.5, 0.6) is 0 Å². The van der Waals surface area contributed by atoms with E-state index in [9.17, 15) is 9.59 Å². The summed E-state index contributed by atoms with van der Waals surface area (Å²) in [5.74, 6) is -0.290. The minimum atomic E-state index is -0.210. The molecule has 2 aromatic rings. The van der Waals surface area contributed by atoms with Gasteiger partial charge < -0.3 is 10.6 Å². The average molecular weight is 315 g/mol. The predicted molar refractivity (Wildman–Crippen MR) is 87.8 cm³/mol. The van der Waals surface area contributed by atoms with Crippen molar-refractivity contribution < 1.29 is 9.59 Å². The zero-order chi connectivity index (χ0) is 16.7. The van der Waals surface area contributed by atoms with Crippen LogP contribution in [0.3, 0.4) is 0 Å². The van der Waals surface area contributed by atoms with Gasteiger partial charge in [0, 0.05) is 18.3 Å². The van der Waals surface area contributed by atoms with E-state index in [1.807, 2.05) is 13.8 Å². The summed E-state index contributed by atoms with van der Waals surface area (Å²) in [5.41, 5.74) is 1.22. The number of hydrogen-bond donors (Lipinski definition) is 2. The van der Waals surface area contributed by atoms with Gasteiger partial charge in [0.2, 0.25) is 11.8 Å². The van der Waals surface area contributed by atoms with E-state index in [4.69, 9.17) is 0 Å². The standard InChI is InChI=1S/C16H21N5O2/c1-3-5-12(2)16(23)20-14-9-18-21(10-14)11-15(22)19-13-6-4-7-17-8-13/h4,6-10,12H,3,5,11H2,1-2H3,(H,19,22)(H,20,23)/t12-/m1/s1. The summed E-state index contributed by atoms with van der Waals surface area (Å²) in [4.78, 5) is 27.8. The van der Waals surface area contributed by atoms with Crippen LogP contribution in [0.2, 0.25) is 0 Å². The molecule has 0 bridgehead atoms. The van der Waals surface area contributed by atoms with E-state index < -0.39 is 0 Å². The van der Waals surface area contributed by atoms with Crippen LogP contribution in [0.1, 0.15) is 26.7 Å². The SMILES string of the molecule is CCC[C@@H](C)C(=O)Nc1cnn(CC(=O)Nc2cccnc2)c1. The summed E-state index contributed by atoms with van der Waals surface area (Å²) < 4.78 is 1.48. The Morgan fingerprint density at radius 3 is 2.78 bits per heavy atom. The van der Waals surface area contributed by atoms with Crippen LogP contribution in [0.25, 0.3) is 0 Å². The molecule has 0 unspecified atom stereocenters. The van der Waals surface area contributed by atoms with Crippen molar-refractivity contribution >= 4 is 23.2 Å². The van der Waals surface area contributed by atoms with Gasteiger partial charge in [-0.3, -0.25) is 19.3 Å². The Morgan fingerprint density at radius 2 is 2.09 bits per heavy atom. The first-order valence-electron chi connectivity index (χ1n) is 7.61. The molecule has 2 amide bonds. The molecule has 122 valence electrons. The lowest BCUT2D eigenvalue weighted by atomic mass is 10.1. The van der Waals surface area contributed by atoms with Gasteiger partial charge in [0.15, 0.2) is 0 Å². The molecule has 0 aliphatic carbocycles. The van der Waals surface area contributed by atoms with Gasteiger partial charge in [-0.2, -0.15) is 5.10 Å². The fourth-order valence-electron chi connectivity index (χ4n) is 2.13. The van der Waals surface area contributed by atoms with E-state index in [1.165, 1.54) is 10.9 Å². The van der Waals surface area contributed by atoms with Crippen LogP contribution in [0.4, 0.5) is 11.4 Å². The Hall–Kier alpha value is -2.70. The number of carbonyl (C=O) groups is 2. The summed E-state index contributed by atoms with van der Waals surface area (Å²) in [6.07, 6.45) is 8.18. The van der Waals surface area contributed by atoms with Gasteiger partial charge in [0.1, 0.15) is 6.54 Å². The van der Waals surface area contributed by atoms with Crippen LogP contribution in [0.15, 0.2) is 36.9 Å². The molecule has 0 saturated carbocycles. The minimum Gasteiger partial charge on any atom is -0.323 e. The monoisotopic (exact) mass is 315 g/mol. The number of carbonyl (C=O) groups excluding carboxylic acids is 2. The molecule has 23 heavy (non-hydrogen) atoms. The first-order valence-corrected chi connectivity index (χ1v) is 7.61. The van der Waals surface area contributed by atoms with Crippen LogP contribution < -0.4 is 10.6 Å². The second-order valence-electron chi connectivity index (χ2n) is 5.40. The smallest absolute Gasteiger partial charge is 0.246 e. The Bertz CT molecular complexity index is 654. The maximum Gasteiger partial charge on any atom is 0.246 e. The molecule has 2 rings (SSSR count). The second-order valence-corrected chi connectivity index (χ2v) is 5.40. The third kappa shape index (κ3) is 5.21. The number of pyridine rings is 1. The summed E-state index contributed by atoms with van der Waals surface area (Å²) in [6.45, 7) is 4.00. The van der Waals surface area contributed by atoms with Crippen molar-refractivity contribution in [1.82, 2.24) is 14.8 Å². The number of hydrogen-bond acceptors (Lipinski definition) is 4. The Labute approximate surface area is 135 Å². The van der Waals surface area contributed by atoms with Crippen molar-refractivity contribution in [2.45, 2.75) is 33.2 Å². The number of aromatic nitrogens is 3. The quantitative estimate of drug-likeness (QED) is 0.820. The summed E-state index contributed by atoms with van der Waals surface area (Å²) in [7, 11) is 0. The molecule has 7 nitrogen and oxygen atoms in total. The second kappa shape index (κ2) is 8.07. The van der Waals surface area contributed by atoms with Gasteiger partial charge in [0.25, 0.3) is 0 Å². The number of amides is 2. The maximum absolute atomic E-state index is 11.9. The average Bonchev–Trinajstić information content (AvgIpc) is 2.95. The maximum atomic E-state index is 11.9.